The van der Waals surface area contributed by atoms with E-state index < -0.39 is 0 Å². The highest BCUT2D eigenvalue weighted by Crippen LogP contribution is 2.38. The van der Waals surface area contributed by atoms with Crippen LogP contribution in [0.15, 0.2) is 30.6 Å². The van der Waals surface area contributed by atoms with Gasteiger partial charge in [0.2, 0.25) is 0 Å². The molecule has 1 aliphatic carbocycles. The fourth-order valence-electron chi connectivity index (χ4n) is 3.51. The molecule has 0 spiro atoms. The van der Waals surface area contributed by atoms with Crippen LogP contribution in [0.2, 0.25) is 0 Å². The summed E-state index contributed by atoms with van der Waals surface area (Å²) in [6, 6.07) is 7.04. The van der Waals surface area contributed by atoms with E-state index in [1.54, 1.807) is 40.4 Å². The number of fused-ring (bicyclic) bond motifs is 5. The van der Waals surface area contributed by atoms with Gasteiger partial charge >= 0.3 is 0 Å². The summed E-state index contributed by atoms with van der Waals surface area (Å²) in [5, 5.41) is 15.4. The van der Waals surface area contributed by atoms with E-state index in [1.807, 2.05) is 6.07 Å². The van der Waals surface area contributed by atoms with Crippen molar-refractivity contribution in [2.75, 3.05) is 0 Å². The van der Waals surface area contributed by atoms with Crippen LogP contribution in [0, 0.1) is 5.92 Å². The molecule has 6 heteroatoms. The van der Waals surface area contributed by atoms with Gasteiger partial charge in [0.25, 0.3) is 0 Å². The number of phenols is 1. The first kappa shape index (κ1) is 13.9. The summed E-state index contributed by atoms with van der Waals surface area (Å²) in [5.41, 5.74) is 3.08. The van der Waals surface area contributed by atoms with Gasteiger partial charge in [-0.25, -0.2) is 14.5 Å². The molecule has 1 atom stereocenters. The number of hydrogen-bond acceptors (Lipinski definition) is 5. The smallest absolute Gasteiger partial charge is 0.182 e. The van der Waals surface area contributed by atoms with E-state index in [0.717, 1.165) is 40.2 Å². The lowest BCUT2D eigenvalue weighted by Crippen LogP contribution is -2.08. The average Bonchev–Trinajstić information content (AvgIpc) is 3.14. The molecular formula is C18H16N4OS. The summed E-state index contributed by atoms with van der Waals surface area (Å²) in [6.07, 6.45) is 5.18. The molecule has 24 heavy (non-hydrogen) atoms. The van der Waals surface area contributed by atoms with Gasteiger partial charge in [-0.05, 0) is 42.9 Å². The van der Waals surface area contributed by atoms with E-state index in [-0.39, 0.29) is 5.75 Å². The maximum Gasteiger partial charge on any atom is 0.182 e. The molecule has 1 N–H and O–H groups in total. The molecule has 0 unspecified atom stereocenters. The second-order valence-corrected chi connectivity index (χ2v) is 7.61. The second kappa shape index (κ2) is 5.01. The highest BCUT2D eigenvalue weighted by molar-refractivity contribution is 7.19. The van der Waals surface area contributed by atoms with Gasteiger partial charge in [0.15, 0.2) is 11.5 Å². The van der Waals surface area contributed by atoms with Crippen molar-refractivity contribution in [1.29, 1.82) is 0 Å². The Bertz CT molecular complexity index is 1080. The third-order valence-electron chi connectivity index (χ3n) is 4.74. The Labute approximate surface area is 142 Å². The van der Waals surface area contributed by atoms with Crippen LogP contribution < -0.4 is 0 Å². The van der Waals surface area contributed by atoms with Crippen molar-refractivity contribution >= 4 is 27.2 Å². The highest BCUT2D eigenvalue weighted by Gasteiger charge is 2.23. The van der Waals surface area contributed by atoms with Gasteiger partial charge in [0.1, 0.15) is 16.9 Å². The predicted molar refractivity (Wildman–Crippen MR) is 94.5 cm³/mol. The molecule has 4 aromatic rings. The lowest BCUT2D eigenvalue weighted by molar-refractivity contribution is 0.475. The van der Waals surface area contributed by atoms with Gasteiger partial charge in [-0.2, -0.15) is 0 Å². The van der Waals surface area contributed by atoms with E-state index in [4.69, 9.17) is 4.98 Å². The van der Waals surface area contributed by atoms with E-state index in [1.165, 1.54) is 16.9 Å². The van der Waals surface area contributed by atoms with Crippen LogP contribution in [0.4, 0.5) is 0 Å². The molecule has 0 radical (unpaired) electrons. The molecule has 1 aliphatic rings. The van der Waals surface area contributed by atoms with Crippen molar-refractivity contribution in [2.45, 2.75) is 26.2 Å². The Morgan fingerprint density at radius 1 is 1.33 bits per heavy atom. The molecule has 0 saturated carbocycles. The molecular weight excluding hydrogens is 320 g/mol. The predicted octanol–water partition coefficient (Wildman–Crippen LogP) is 3.84. The molecule has 0 bridgehead atoms. The average molecular weight is 336 g/mol. The number of aryl methyl sites for hydroxylation is 1. The van der Waals surface area contributed by atoms with Crippen LogP contribution in [-0.4, -0.2) is 24.7 Å². The van der Waals surface area contributed by atoms with Gasteiger partial charge in [-0.1, -0.05) is 19.1 Å². The van der Waals surface area contributed by atoms with Crippen molar-refractivity contribution in [1.82, 2.24) is 19.6 Å². The first-order chi connectivity index (χ1) is 11.7. The number of thiophene rings is 1. The minimum absolute atomic E-state index is 0.219. The molecule has 5 nitrogen and oxygen atoms in total. The molecule has 0 aliphatic heterocycles. The number of hydrogen-bond donors (Lipinski definition) is 1. The van der Waals surface area contributed by atoms with Gasteiger partial charge in [0.05, 0.1) is 5.39 Å². The van der Waals surface area contributed by atoms with Gasteiger partial charge in [-0.15, -0.1) is 16.4 Å². The fourth-order valence-corrected chi connectivity index (χ4v) is 4.85. The summed E-state index contributed by atoms with van der Waals surface area (Å²) in [6.45, 7) is 2.31. The molecule has 0 fully saturated rings. The minimum Gasteiger partial charge on any atom is -0.508 e. The number of phenolic OH excluding ortho intramolecular Hbond substituents is 1. The van der Waals surface area contributed by atoms with Crippen molar-refractivity contribution in [3.63, 3.8) is 0 Å². The quantitative estimate of drug-likeness (QED) is 0.574. The largest absolute Gasteiger partial charge is 0.508 e. The summed E-state index contributed by atoms with van der Waals surface area (Å²) < 4.78 is 1.76. The van der Waals surface area contributed by atoms with Crippen LogP contribution in [0.25, 0.3) is 27.3 Å². The molecule has 5 rings (SSSR count). The molecule has 120 valence electrons. The SMILES string of the molecule is C[C@@H]1CCc2c(sc3ncn4nc(-c5cccc(O)c5)nc4c23)C1. The van der Waals surface area contributed by atoms with Crippen molar-refractivity contribution in [2.24, 2.45) is 5.92 Å². The summed E-state index contributed by atoms with van der Waals surface area (Å²) in [4.78, 5) is 11.9. The lowest BCUT2D eigenvalue weighted by Gasteiger charge is -2.17. The summed E-state index contributed by atoms with van der Waals surface area (Å²) in [5.74, 6) is 1.57. The fraction of sp³-hybridized carbons (Fsp3) is 0.278. The monoisotopic (exact) mass is 336 g/mol. The molecule has 0 amide bonds. The maximum atomic E-state index is 9.70. The standard InChI is InChI=1S/C18H16N4OS/c1-10-5-6-13-14(7-10)24-18-15(13)17-20-16(21-22(17)9-19-18)11-3-2-4-12(23)8-11/h2-4,8-10,23H,5-7H2,1H3/t10-/m1/s1. The topological polar surface area (TPSA) is 63.3 Å². The first-order valence-corrected chi connectivity index (χ1v) is 8.96. The number of nitrogens with zero attached hydrogens (tertiary/aromatic N) is 4. The van der Waals surface area contributed by atoms with E-state index in [2.05, 4.69) is 17.0 Å². The number of benzene rings is 1. The molecule has 1 aromatic carbocycles. The number of aromatic hydroxyl groups is 1. The Morgan fingerprint density at radius 3 is 3.12 bits per heavy atom. The van der Waals surface area contributed by atoms with Crippen LogP contribution in [-0.2, 0) is 12.8 Å². The van der Waals surface area contributed by atoms with Gasteiger partial charge in [-0.3, -0.25) is 0 Å². The van der Waals surface area contributed by atoms with Crippen LogP contribution in [0.1, 0.15) is 23.8 Å². The van der Waals surface area contributed by atoms with Gasteiger partial charge in [0, 0.05) is 10.4 Å². The van der Waals surface area contributed by atoms with Crippen LogP contribution in [0.5, 0.6) is 5.75 Å². The van der Waals surface area contributed by atoms with E-state index in [9.17, 15) is 5.11 Å². The zero-order valence-electron chi connectivity index (χ0n) is 13.2. The molecule has 3 aromatic heterocycles. The van der Waals surface area contributed by atoms with E-state index in [0.29, 0.717) is 5.82 Å². The van der Waals surface area contributed by atoms with Crippen molar-refractivity contribution in [3.8, 4) is 17.1 Å². The molecule has 0 saturated heterocycles. The minimum atomic E-state index is 0.219. The van der Waals surface area contributed by atoms with Crippen LogP contribution in [0.3, 0.4) is 0 Å². The van der Waals surface area contributed by atoms with Crippen molar-refractivity contribution in [3.05, 3.63) is 41.0 Å². The Morgan fingerprint density at radius 2 is 2.25 bits per heavy atom. The maximum absolute atomic E-state index is 9.70. The van der Waals surface area contributed by atoms with Crippen LogP contribution >= 0.6 is 11.3 Å². The third kappa shape index (κ3) is 2.03. The normalized spacial score (nSPS) is 17.5. The Balaban J connectivity index is 1.76. The summed E-state index contributed by atoms with van der Waals surface area (Å²) in [7, 11) is 0. The third-order valence-corrected chi connectivity index (χ3v) is 5.90. The highest BCUT2D eigenvalue weighted by atomic mass is 32.1. The van der Waals surface area contributed by atoms with Gasteiger partial charge < -0.3 is 5.11 Å². The lowest BCUT2D eigenvalue weighted by atomic mass is 9.89. The Kier molecular flexibility index (Phi) is 2.91. The molecule has 3 heterocycles. The number of aromatic nitrogens is 4. The zero-order valence-corrected chi connectivity index (χ0v) is 14.0. The summed E-state index contributed by atoms with van der Waals surface area (Å²) >= 11 is 1.79. The number of rotatable bonds is 1. The van der Waals surface area contributed by atoms with Crippen molar-refractivity contribution < 1.29 is 5.11 Å². The Hall–Kier alpha value is -2.47. The first-order valence-electron chi connectivity index (χ1n) is 8.14. The van der Waals surface area contributed by atoms with E-state index >= 15 is 0 Å². The second-order valence-electron chi connectivity index (χ2n) is 6.53. The zero-order chi connectivity index (χ0) is 16.3.